The first-order chi connectivity index (χ1) is 8.97. The molecule has 0 saturated heterocycles. The molecule has 0 aliphatic carbocycles. The van der Waals surface area contributed by atoms with Crippen LogP contribution in [0.2, 0.25) is 5.02 Å². The Morgan fingerprint density at radius 1 is 1.16 bits per heavy atom. The van der Waals surface area contributed by atoms with E-state index in [-0.39, 0.29) is 12.0 Å². The van der Waals surface area contributed by atoms with Gasteiger partial charge < -0.3 is 5.11 Å². The molecule has 100 valence electrons. The van der Waals surface area contributed by atoms with Crippen LogP contribution in [0.25, 0.3) is 0 Å². The number of aliphatic hydroxyl groups is 1. The second kappa shape index (κ2) is 5.68. The second-order valence-corrected chi connectivity index (χ2v) is 4.89. The Kier molecular flexibility index (Phi) is 4.17. The van der Waals surface area contributed by atoms with E-state index in [1.807, 2.05) is 6.92 Å². The highest BCUT2D eigenvalue weighted by Crippen LogP contribution is 2.26. The highest BCUT2D eigenvalue weighted by molar-refractivity contribution is 6.31. The van der Waals surface area contributed by atoms with Crippen LogP contribution in [0.4, 0.5) is 8.78 Å². The molecule has 0 amide bonds. The number of halogens is 3. The summed E-state index contributed by atoms with van der Waals surface area (Å²) in [5, 5.41) is 10.4. The fraction of sp³-hybridized carbons (Fsp3) is 0.200. The average Bonchev–Trinajstić information content (AvgIpc) is 2.36. The van der Waals surface area contributed by atoms with Crippen LogP contribution in [0.1, 0.15) is 22.8 Å². The molecule has 0 aliphatic rings. The van der Waals surface area contributed by atoms with Crippen molar-refractivity contribution in [2.45, 2.75) is 19.4 Å². The molecule has 2 aromatic rings. The van der Waals surface area contributed by atoms with E-state index >= 15 is 0 Å². The van der Waals surface area contributed by atoms with E-state index in [1.165, 1.54) is 24.3 Å². The van der Waals surface area contributed by atoms with Crippen molar-refractivity contribution in [3.8, 4) is 0 Å². The van der Waals surface area contributed by atoms with Crippen molar-refractivity contribution in [1.29, 1.82) is 0 Å². The number of rotatable bonds is 3. The average molecular weight is 283 g/mol. The van der Waals surface area contributed by atoms with E-state index in [0.717, 1.165) is 5.56 Å². The van der Waals surface area contributed by atoms with Gasteiger partial charge in [0.15, 0.2) is 0 Å². The minimum absolute atomic E-state index is 0.0664. The van der Waals surface area contributed by atoms with Crippen molar-refractivity contribution in [2.24, 2.45) is 0 Å². The number of hydrogen-bond donors (Lipinski definition) is 1. The predicted molar refractivity (Wildman–Crippen MR) is 71.2 cm³/mol. The van der Waals surface area contributed by atoms with Crippen LogP contribution >= 0.6 is 11.6 Å². The van der Waals surface area contributed by atoms with Crippen LogP contribution < -0.4 is 0 Å². The molecule has 0 aliphatic heterocycles. The van der Waals surface area contributed by atoms with Crippen molar-refractivity contribution < 1.29 is 13.9 Å². The van der Waals surface area contributed by atoms with Gasteiger partial charge in [-0.15, -0.1) is 0 Å². The van der Waals surface area contributed by atoms with E-state index in [0.29, 0.717) is 10.6 Å². The molecule has 1 unspecified atom stereocenters. The standard InChI is InChI=1S/C15H13ClF2O/c1-9-2-5-14(18)12(6-9)15(19)8-10-7-11(17)3-4-13(10)16/h2-7,15,19H,8H2,1H3. The van der Waals surface area contributed by atoms with E-state index in [2.05, 4.69) is 0 Å². The van der Waals surface area contributed by atoms with Crippen molar-refractivity contribution in [3.63, 3.8) is 0 Å². The van der Waals surface area contributed by atoms with Gasteiger partial charge in [-0.2, -0.15) is 0 Å². The minimum atomic E-state index is -1.06. The van der Waals surface area contributed by atoms with E-state index in [9.17, 15) is 13.9 Å². The van der Waals surface area contributed by atoms with Gasteiger partial charge in [0.25, 0.3) is 0 Å². The fourth-order valence-corrected chi connectivity index (χ4v) is 2.13. The van der Waals surface area contributed by atoms with Crippen molar-refractivity contribution >= 4 is 11.6 Å². The maximum Gasteiger partial charge on any atom is 0.129 e. The minimum Gasteiger partial charge on any atom is -0.388 e. The Labute approximate surface area is 115 Å². The van der Waals surface area contributed by atoms with Crippen molar-refractivity contribution in [2.75, 3.05) is 0 Å². The van der Waals surface area contributed by atoms with Gasteiger partial charge in [0.2, 0.25) is 0 Å². The molecular weight excluding hydrogens is 270 g/mol. The van der Waals surface area contributed by atoms with Crippen LogP contribution in [-0.4, -0.2) is 5.11 Å². The van der Waals surface area contributed by atoms with Gasteiger partial charge in [0.1, 0.15) is 11.6 Å². The molecule has 0 heterocycles. The highest BCUT2D eigenvalue weighted by atomic mass is 35.5. The SMILES string of the molecule is Cc1ccc(F)c(C(O)Cc2cc(F)ccc2Cl)c1. The third-order valence-corrected chi connectivity index (χ3v) is 3.30. The Balaban J connectivity index is 2.27. The van der Waals surface area contributed by atoms with Gasteiger partial charge in [0.05, 0.1) is 6.10 Å². The zero-order chi connectivity index (χ0) is 14.0. The van der Waals surface area contributed by atoms with Crippen molar-refractivity contribution in [1.82, 2.24) is 0 Å². The normalized spacial score (nSPS) is 12.5. The molecule has 2 rings (SSSR count). The molecule has 1 atom stereocenters. The lowest BCUT2D eigenvalue weighted by Gasteiger charge is -2.14. The number of aliphatic hydroxyl groups excluding tert-OH is 1. The molecule has 4 heteroatoms. The smallest absolute Gasteiger partial charge is 0.129 e. The lowest BCUT2D eigenvalue weighted by atomic mass is 9.99. The van der Waals surface area contributed by atoms with Gasteiger partial charge in [-0.1, -0.05) is 29.3 Å². The van der Waals surface area contributed by atoms with Crippen LogP contribution in [-0.2, 0) is 6.42 Å². The molecular formula is C15H13ClF2O. The zero-order valence-electron chi connectivity index (χ0n) is 10.3. The lowest BCUT2D eigenvalue weighted by Crippen LogP contribution is -2.05. The summed E-state index contributed by atoms with van der Waals surface area (Å²) in [6.45, 7) is 1.81. The van der Waals surface area contributed by atoms with Gasteiger partial charge in [0, 0.05) is 17.0 Å². The van der Waals surface area contributed by atoms with Crippen LogP contribution in [0.3, 0.4) is 0 Å². The summed E-state index contributed by atoms with van der Waals surface area (Å²) in [5.74, 6) is -0.915. The van der Waals surface area contributed by atoms with E-state index < -0.39 is 17.7 Å². The van der Waals surface area contributed by atoms with Crippen LogP contribution in [0, 0.1) is 18.6 Å². The lowest BCUT2D eigenvalue weighted by molar-refractivity contribution is 0.173. The maximum atomic E-state index is 13.6. The first-order valence-corrected chi connectivity index (χ1v) is 6.23. The first kappa shape index (κ1) is 14.0. The third kappa shape index (κ3) is 3.31. The summed E-state index contributed by atoms with van der Waals surface area (Å²) in [6.07, 6.45) is -0.990. The molecule has 0 bridgehead atoms. The molecule has 0 saturated carbocycles. The molecule has 0 spiro atoms. The summed E-state index contributed by atoms with van der Waals surface area (Å²) in [6, 6.07) is 8.42. The maximum absolute atomic E-state index is 13.6. The summed E-state index contributed by atoms with van der Waals surface area (Å²) in [4.78, 5) is 0. The quantitative estimate of drug-likeness (QED) is 0.894. The van der Waals surface area contributed by atoms with Crippen LogP contribution in [0.5, 0.6) is 0 Å². The van der Waals surface area contributed by atoms with Gasteiger partial charge in [-0.25, -0.2) is 8.78 Å². The Morgan fingerprint density at radius 2 is 1.89 bits per heavy atom. The van der Waals surface area contributed by atoms with Crippen molar-refractivity contribution in [3.05, 3.63) is 69.7 Å². The monoisotopic (exact) mass is 282 g/mol. The van der Waals surface area contributed by atoms with Gasteiger partial charge in [-0.05, 0) is 36.8 Å². The Bertz CT molecular complexity index is 599. The largest absolute Gasteiger partial charge is 0.388 e. The molecule has 0 radical (unpaired) electrons. The van der Waals surface area contributed by atoms with Gasteiger partial charge in [-0.3, -0.25) is 0 Å². The number of aryl methyl sites for hydroxylation is 1. The van der Waals surface area contributed by atoms with E-state index in [4.69, 9.17) is 11.6 Å². The number of hydrogen-bond acceptors (Lipinski definition) is 1. The molecule has 0 fully saturated rings. The summed E-state index contributed by atoms with van der Waals surface area (Å²) >= 11 is 5.93. The molecule has 0 aromatic heterocycles. The molecule has 2 aromatic carbocycles. The topological polar surface area (TPSA) is 20.2 Å². The second-order valence-electron chi connectivity index (χ2n) is 4.48. The number of benzene rings is 2. The van der Waals surface area contributed by atoms with E-state index in [1.54, 1.807) is 12.1 Å². The van der Waals surface area contributed by atoms with Gasteiger partial charge >= 0.3 is 0 Å². The Morgan fingerprint density at radius 3 is 2.63 bits per heavy atom. The summed E-state index contributed by atoms with van der Waals surface area (Å²) in [5.41, 5.74) is 1.50. The van der Waals surface area contributed by atoms with Crippen LogP contribution in [0.15, 0.2) is 36.4 Å². The molecule has 19 heavy (non-hydrogen) atoms. The first-order valence-electron chi connectivity index (χ1n) is 5.85. The molecule has 1 N–H and O–H groups in total. The highest BCUT2D eigenvalue weighted by Gasteiger charge is 2.15. The summed E-state index contributed by atoms with van der Waals surface area (Å²) < 4.78 is 26.8. The Hall–Kier alpha value is -1.45. The predicted octanol–water partition coefficient (Wildman–Crippen LogP) is 4.20. The third-order valence-electron chi connectivity index (χ3n) is 2.93. The fourth-order valence-electron chi connectivity index (χ4n) is 1.94. The zero-order valence-corrected chi connectivity index (χ0v) is 11.1. The summed E-state index contributed by atoms with van der Waals surface area (Å²) in [7, 11) is 0. The molecule has 1 nitrogen and oxygen atoms in total.